The van der Waals surface area contributed by atoms with Gasteiger partial charge in [-0.25, -0.2) is 0 Å². The third-order valence-electron chi connectivity index (χ3n) is 2.16. The molecule has 1 amide bonds. The van der Waals surface area contributed by atoms with Gasteiger partial charge in [-0.3, -0.25) is 4.79 Å². The molecule has 2 heteroatoms. The Kier molecular flexibility index (Phi) is 3.74. The van der Waals surface area contributed by atoms with Crippen molar-refractivity contribution in [3.05, 3.63) is 23.8 Å². The van der Waals surface area contributed by atoms with Gasteiger partial charge < -0.3 is 5.32 Å². The molecule has 0 radical (unpaired) electrons. The van der Waals surface area contributed by atoms with Crippen LogP contribution in [-0.2, 0) is 4.79 Å². The van der Waals surface area contributed by atoms with Crippen molar-refractivity contribution in [2.75, 3.05) is 0 Å². The van der Waals surface area contributed by atoms with Crippen LogP contribution in [0.25, 0.3) is 0 Å². The average Bonchev–Trinajstić information content (AvgIpc) is 2.55. The fraction of sp³-hybridized carbons (Fsp3) is 0.545. The van der Waals surface area contributed by atoms with Gasteiger partial charge in [-0.15, -0.1) is 0 Å². The minimum absolute atomic E-state index is 0.0888. The molecule has 13 heavy (non-hydrogen) atoms. The van der Waals surface area contributed by atoms with Crippen LogP contribution < -0.4 is 5.32 Å². The van der Waals surface area contributed by atoms with Crippen molar-refractivity contribution in [3.63, 3.8) is 0 Å². The normalized spacial score (nSPS) is 16.9. The number of allylic oxidation sites excluding steroid dienone is 3. The van der Waals surface area contributed by atoms with Crippen LogP contribution in [0.3, 0.4) is 0 Å². The number of carbonyl (C=O) groups excluding carboxylic acids is 1. The Morgan fingerprint density at radius 1 is 1.69 bits per heavy atom. The van der Waals surface area contributed by atoms with E-state index in [0.29, 0.717) is 6.04 Å². The second-order valence-corrected chi connectivity index (χ2v) is 3.49. The van der Waals surface area contributed by atoms with Crippen LogP contribution in [0.2, 0.25) is 0 Å². The van der Waals surface area contributed by atoms with Crippen molar-refractivity contribution in [1.82, 2.24) is 5.32 Å². The van der Waals surface area contributed by atoms with Crippen molar-refractivity contribution >= 4 is 5.91 Å². The third-order valence-corrected chi connectivity index (χ3v) is 2.16. The monoisotopic (exact) mass is 179 g/mol. The van der Waals surface area contributed by atoms with Gasteiger partial charge in [0.15, 0.2) is 0 Å². The van der Waals surface area contributed by atoms with E-state index in [1.165, 1.54) is 0 Å². The van der Waals surface area contributed by atoms with Gasteiger partial charge in [0.25, 0.3) is 0 Å². The van der Waals surface area contributed by atoms with Crippen molar-refractivity contribution in [3.8, 4) is 0 Å². The highest BCUT2D eigenvalue weighted by molar-refractivity contribution is 5.94. The Morgan fingerprint density at radius 2 is 2.46 bits per heavy atom. The highest BCUT2D eigenvalue weighted by Gasteiger charge is 2.11. The van der Waals surface area contributed by atoms with Crippen LogP contribution in [-0.4, -0.2) is 11.9 Å². The topological polar surface area (TPSA) is 29.1 Å². The van der Waals surface area contributed by atoms with E-state index >= 15 is 0 Å². The largest absolute Gasteiger partial charge is 0.350 e. The summed E-state index contributed by atoms with van der Waals surface area (Å²) in [6.07, 6.45) is 8.75. The lowest BCUT2D eigenvalue weighted by Crippen LogP contribution is -2.33. The van der Waals surface area contributed by atoms with E-state index in [1.807, 2.05) is 25.2 Å². The molecule has 0 aliphatic heterocycles. The first-order chi connectivity index (χ1) is 6.24. The highest BCUT2D eigenvalue weighted by atomic mass is 16.1. The Balaban J connectivity index is 2.33. The molecule has 0 saturated heterocycles. The van der Waals surface area contributed by atoms with Crippen molar-refractivity contribution in [2.24, 2.45) is 0 Å². The first kappa shape index (κ1) is 10.0. The zero-order chi connectivity index (χ0) is 9.68. The zero-order valence-corrected chi connectivity index (χ0v) is 8.34. The molecule has 0 fully saturated rings. The van der Waals surface area contributed by atoms with Gasteiger partial charge in [-0.1, -0.05) is 31.6 Å². The first-order valence-corrected chi connectivity index (χ1v) is 4.90. The van der Waals surface area contributed by atoms with Crippen LogP contribution in [0.15, 0.2) is 23.8 Å². The number of carbonyl (C=O) groups is 1. The van der Waals surface area contributed by atoms with E-state index in [-0.39, 0.29) is 5.91 Å². The molecule has 0 aromatic rings. The predicted molar refractivity (Wildman–Crippen MR) is 54.4 cm³/mol. The maximum absolute atomic E-state index is 11.5. The second-order valence-electron chi connectivity index (χ2n) is 3.49. The van der Waals surface area contributed by atoms with E-state index in [4.69, 9.17) is 0 Å². The highest BCUT2D eigenvalue weighted by Crippen LogP contribution is 2.10. The van der Waals surface area contributed by atoms with E-state index in [2.05, 4.69) is 12.2 Å². The summed E-state index contributed by atoms with van der Waals surface area (Å²) < 4.78 is 0. The second kappa shape index (κ2) is 4.85. The van der Waals surface area contributed by atoms with Crippen LogP contribution in [0.4, 0.5) is 0 Å². The molecule has 2 nitrogen and oxygen atoms in total. The molecule has 1 unspecified atom stereocenters. The van der Waals surface area contributed by atoms with Crippen molar-refractivity contribution < 1.29 is 4.79 Å². The molecular weight excluding hydrogens is 162 g/mol. The van der Waals surface area contributed by atoms with Gasteiger partial charge in [0.1, 0.15) is 0 Å². The maximum atomic E-state index is 11.5. The van der Waals surface area contributed by atoms with Crippen molar-refractivity contribution in [2.45, 2.75) is 39.2 Å². The Morgan fingerprint density at radius 3 is 3.00 bits per heavy atom. The lowest BCUT2D eigenvalue weighted by molar-refractivity contribution is -0.118. The van der Waals surface area contributed by atoms with Crippen LogP contribution in [0.5, 0.6) is 0 Å². The van der Waals surface area contributed by atoms with Crippen LogP contribution >= 0.6 is 0 Å². The molecule has 0 bridgehead atoms. The fourth-order valence-corrected chi connectivity index (χ4v) is 1.44. The molecular formula is C11H17NO. The smallest absolute Gasteiger partial charge is 0.247 e. The number of hydrogen-bond donors (Lipinski definition) is 1. The molecule has 1 aliphatic rings. The summed E-state index contributed by atoms with van der Waals surface area (Å²) in [5.74, 6) is 0.0888. The molecule has 1 N–H and O–H groups in total. The quantitative estimate of drug-likeness (QED) is 0.704. The Hall–Kier alpha value is -1.05. The lowest BCUT2D eigenvalue weighted by Gasteiger charge is -2.12. The van der Waals surface area contributed by atoms with Gasteiger partial charge >= 0.3 is 0 Å². The minimum atomic E-state index is 0.0888. The molecule has 1 atom stereocenters. The van der Waals surface area contributed by atoms with Crippen LogP contribution in [0.1, 0.15) is 33.1 Å². The molecule has 1 aliphatic carbocycles. The molecule has 72 valence electrons. The van der Waals surface area contributed by atoms with E-state index < -0.39 is 0 Å². The molecule has 0 aromatic carbocycles. The summed E-state index contributed by atoms with van der Waals surface area (Å²) in [5, 5.41) is 2.98. The maximum Gasteiger partial charge on any atom is 0.247 e. The number of hydrogen-bond acceptors (Lipinski definition) is 1. The van der Waals surface area contributed by atoms with Gasteiger partial charge in [-0.2, -0.15) is 0 Å². The summed E-state index contributed by atoms with van der Waals surface area (Å²) in [7, 11) is 0. The van der Waals surface area contributed by atoms with Gasteiger partial charge in [-0.05, 0) is 19.8 Å². The van der Waals surface area contributed by atoms with Gasteiger partial charge in [0, 0.05) is 11.6 Å². The van der Waals surface area contributed by atoms with Gasteiger partial charge in [0.2, 0.25) is 5.91 Å². The summed E-state index contributed by atoms with van der Waals surface area (Å²) in [6.45, 7) is 4.17. The number of amides is 1. The standard InChI is InChI=1S/C11H17NO/c1-3-6-9(2)12-11(13)10-7-4-5-8-10/h4-5,7,9H,3,6,8H2,1-2H3,(H,12,13). The Labute approximate surface area is 79.7 Å². The number of nitrogens with one attached hydrogen (secondary N) is 1. The van der Waals surface area contributed by atoms with E-state index in [1.54, 1.807) is 0 Å². The molecule has 0 saturated carbocycles. The lowest BCUT2D eigenvalue weighted by atomic mass is 10.1. The molecule has 1 rings (SSSR count). The summed E-state index contributed by atoms with van der Waals surface area (Å²) in [4.78, 5) is 11.5. The zero-order valence-electron chi connectivity index (χ0n) is 8.34. The summed E-state index contributed by atoms with van der Waals surface area (Å²) >= 11 is 0. The predicted octanol–water partition coefficient (Wildman–Crippen LogP) is 2.18. The van der Waals surface area contributed by atoms with E-state index in [9.17, 15) is 4.79 Å². The molecule has 0 heterocycles. The van der Waals surface area contributed by atoms with Crippen LogP contribution in [0, 0.1) is 0 Å². The van der Waals surface area contributed by atoms with Gasteiger partial charge in [0.05, 0.1) is 0 Å². The average molecular weight is 179 g/mol. The first-order valence-electron chi connectivity index (χ1n) is 4.90. The molecule has 0 spiro atoms. The number of rotatable bonds is 4. The minimum Gasteiger partial charge on any atom is -0.350 e. The van der Waals surface area contributed by atoms with E-state index in [0.717, 1.165) is 24.8 Å². The fourth-order valence-electron chi connectivity index (χ4n) is 1.44. The summed E-state index contributed by atoms with van der Waals surface area (Å²) in [5.41, 5.74) is 0.878. The Bertz CT molecular complexity index is 240. The van der Waals surface area contributed by atoms with Crippen molar-refractivity contribution in [1.29, 1.82) is 0 Å². The third kappa shape index (κ3) is 3.05. The SMILES string of the molecule is CCCC(C)NC(=O)C1=CC=CC1. The summed E-state index contributed by atoms with van der Waals surface area (Å²) in [6, 6.07) is 0.291. The molecule has 0 aromatic heterocycles.